The van der Waals surface area contributed by atoms with Gasteiger partial charge in [0, 0.05) is 6.04 Å². The average Bonchev–Trinajstić information content (AvgIpc) is 2.76. The molecule has 17 heavy (non-hydrogen) atoms. The molecule has 2 rings (SSSR count). The summed E-state index contributed by atoms with van der Waals surface area (Å²) in [7, 11) is 0. The van der Waals surface area contributed by atoms with Gasteiger partial charge < -0.3 is 5.73 Å². The lowest BCUT2D eigenvalue weighted by Gasteiger charge is -2.26. The third-order valence-corrected chi connectivity index (χ3v) is 5.07. The van der Waals surface area contributed by atoms with Gasteiger partial charge in [0.05, 0.1) is 0 Å². The molecule has 0 saturated heterocycles. The van der Waals surface area contributed by atoms with Gasteiger partial charge in [-0.15, -0.1) is 0 Å². The van der Waals surface area contributed by atoms with Crippen LogP contribution in [-0.4, -0.2) is 6.04 Å². The van der Waals surface area contributed by atoms with Crippen LogP contribution in [-0.2, 0) is 0 Å². The van der Waals surface area contributed by atoms with Crippen LogP contribution in [0.2, 0.25) is 0 Å². The molecule has 0 aromatic carbocycles. The summed E-state index contributed by atoms with van der Waals surface area (Å²) in [6.07, 6.45) is 9.93. The molecule has 2 bridgehead atoms. The summed E-state index contributed by atoms with van der Waals surface area (Å²) in [5.74, 6) is 4.73. The van der Waals surface area contributed by atoms with Crippen molar-refractivity contribution in [2.45, 2.75) is 71.8 Å². The van der Waals surface area contributed by atoms with Crippen molar-refractivity contribution in [2.75, 3.05) is 0 Å². The third-order valence-electron chi connectivity index (χ3n) is 5.07. The second-order valence-corrected chi connectivity index (χ2v) is 7.40. The molecule has 2 N–H and O–H groups in total. The summed E-state index contributed by atoms with van der Waals surface area (Å²) in [5, 5.41) is 0. The van der Waals surface area contributed by atoms with Crippen LogP contribution in [0, 0.1) is 29.6 Å². The minimum absolute atomic E-state index is 0.466. The molecule has 0 aliphatic heterocycles. The molecular weight excluding hydrogens is 206 g/mol. The van der Waals surface area contributed by atoms with Crippen molar-refractivity contribution < 1.29 is 0 Å². The van der Waals surface area contributed by atoms with Gasteiger partial charge in [0.25, 0.3) is 0 Å². The Kier molecular flexibility index (Phi) is 4.52. The predicted octanol–water partition coefficient (Wildman–Crippen LogP) is 4.21. The molecule has 0 heterocycles. The van der Waals surface area contributed by atoms with Gasteiger partial charge in [-0.2, -0.15) is 0 Å². The smallest absolute Gasteiger partial charge is 0.00441 e. The number of hydrogen-bond acceptors (Lipinski definition) is 1. The van der Waals surface area contributed by atoms with Crippen LogP contribution in [0.3, 0.4) is 0 Å². The van der Waals surface area contributed by atoms with Crippen molar-refractivity contribution in [1.29, 1.82) is 0 Å². The van der Waals surface area contributed by atoms with E-state index < -0.39 is 0 Å². The Hall–Kier alpha value is -0.0400. The minimum atomic E-state index is 0.466. The molecule has 5 unspecified atom stereocenters. The Balaban J connectivity index is 1.68. The number of hydrogen-bond donors (Lipinski definition) is 1. The highest BCUT2D eigenvalue weighted by atomic mass is 14.6. The SMILES string of the molecule is CC(C)CC(C)CC(N)CC1CC2CCC1C2. The van der Waals surface area contributed by atoms with E-state index in [2.05, 4.69) is 20.8 Å². The Morgan fingerprint density at radius 1 is 1.06 bits per heavy atom. The molecule has 1 nitrogen and oxygen atoms in total. The molecule has 2 saturated carbocycles. The summed E-state index contributed by atoms with van der Waals surface area (Å²) < 4.78 is 0. The summed E-state index contributed by atoms with van der Waals surface area (Å²) in [5.41, 5.74) is 6.36. The monoisotopic (exact) mass is 237 g/mol. The van der Waals surface area contributed by atoms with E-state index in [1.54, 1.807) is 0 Å². The van der Waals surface area contributed by atoms with E-state index in [1.165, 1.54) is 44.9 Å². The highest BCUT2D eigenvalue weighted by Crippen LogP contribution is 2.49. The van der Waals surface area contributed by atoms with Crippen LogP contribution in [0.5, 0.6) is 0 Å². The molecule has 2 aliphatic carbocycles. The zero-order valence-corrected chi connectivity index (χ0v) is 12.0. The zero-order valence-electron chi connectivity index (χ0n) is 12.0. The summed E-state index contributed by atoms with van der Waals surface area (Å²) in [4.78, 5) is 0. The molecule has 5 atom stereocenters. The van der Waals surface area contributed by atoms with Gasteiger partial charge in [0.15, 0.2) is 0 Å². The Bertz CT molecular complexity index is 236. The second-order valence-electron chi connectivity index (χ2n) is 7.40. The maximum Gasteiger partial charge on any atom is 0.00441 e. The maximum atomic E-state index is 6.36. The quantitative estimate of drug-likeness (QED) is 0.735. The van der Waals surface area contributed by atoms with Crippen molar-refractivity contribution >= 4 is 0 Å². The van der Waals surface area contributed by atoms with Gasteiger partial charge in [-0.1, -0.05) is 27.2 Å². The lowest BCUT2D eigenvalue weighted by Crippen LogP contribution is -2.28. The first-order valence-corrected chi connectivity index (χ1v) is 7.80. The van der Waals surface area contributed by atoms with Crippen LogP contribution >= 0.6 is 0 Å². The average molecular weight is 237 g/mol. The first-order valence-electron chi connectivity index (χ1n) is 7.80. The molecule has 0 spiro atoms. The highest BCUT2D eigenvalue weighted by molar-refractivity contribution is 4.91. The molecule has 0 amide bonds. The van der Waals surface area contributed by atoms with Gasteiger partial charge in [0.1, 0.15) is 0 Å². The van der Waals surface area contributed by atoms with E-state index in [-0.39, 0.29) is 0 Å². The van der Waals surface area contributed by atoms with Gasteiger partial charge in [-0.05, 0) is 68.1 Å². The number of fused-ring (bicyclic) bond motifs is 2. The summed E-state index contributed by atoms with van der Waals surface area (Å²) in [6.45, 7) is 7.01. The molecular formula is C16H31N. The Morgan fingerprint density at radius 3 is 2.35 bits per heavy atom. The van der Waals surface area contributed by atoms with Gasteiger partial charge in [-0.3, -0.25) is 0 Å². The molecule has 0 radical (unpaired) electrons. The maximum absolute atomic E-state index is 6.36. The third kappa shape index (κ3) is 3.71. The fourth-order valence-corrected chi connectivity index (χ4v) is 4.57. The van der Waals surface area contributed by atoms with Crippen LogP contribution in [0.4, 0.5) is 0 Å². The van der Waals surface area contributed by atoms with E-state index in [0.717, 1.165) is 29.6 Å². The molecule has 0 aromatic heterocycles. The molecule has 2 aliphatic rings. The van der Waals surface area contributed by atoms with E-state index >= 15 is 0 Å². The summed E-state index contributed by atoms with van der Waals surface area (Å²) in [6, 6.07) is 0.466. The van der Waals surface area contributed by atoms with Crippen LogP contribution in [0.15, 0.2) is 0 Å². The van der Waals surface area contributed by atoms with E-state index in [0.29, 0.717) is 6.04 Å². The van der Waals surface area contributed by atoms with E-state index in [4.69, 9.17) is 5.73 Å². The highest BCUT2D eigenvalue weighted by Gasteiger charge is 2.39. The Labute approximate surface area is 108 Å². The first kappa shape index (κ1) is 13.4. The fraction of sp³-hybridized carbons (Fsp3) is 1.00. The minimum Gasteiger partial charge on any atom is -0.328 e. The molecule has 0 aromatic rings. The van der Waals surface area contributed by atoms with Crippen molar-refractivity contribution in [1.82, 2.24) is 0 Å². The van der Waals surface area contributed by atoms with E-state index in [9.17, 15) is 0 Å². The standard InChI is InChI=1S/C16H31N/c1-11(2)6-12(3)7-16(17)10-15-9-13-4-5-14(15)8-13/h11-16H,4-10,17H2,1-3H3. The van der Waals surface area contributed by atoms with Crippen molar-refractivity contribution in [2.24, 2.45) is 35.3 Å². The van der Waals surface area contributed by atoms with Crippen molar-refractivity contribution in [3.8, 4) is 0 Å². The van der Waals surface area contributed by atoms with Crippen LogP contribution in [0.1, 0.15) is 65.7 Å². The lowest BCUT2D eigenvalue weighted by molar-refractivity contribution is 0.273. The van der Waals surface area contributed by atoms with Gasteiger partial charge in [-0.25, -0.2) is 0 Å². The van der Waals surface area contributed by atoms with Crippen molar-refractivity contribution in [3.63, 3.8) is 0 Å². The van der Waals surface area contributed by atoms with Crippen LogP contribution < -0.4 is 5.73 Å². The Morgan fingerprint density at radius 2 is 1.82 bits per heavy atom. The fourth-order valence-electron chi connectivity index (χ4n) is 4.57. The lowest BCUT2D eigenvalue weighted by atomic mass is 9.82. The van der Waals surface area contributed by atoms with Crippen molar-refractivity contribution in [3.05, 3.63) is 0 Å². The topological polar surface area (TPSA) is 26.0 Å². The largest absolute Gasteiger partial charge is 0.328 e. The second kappa shape index (κ2) is 5.73. The molecule has 100 valence electrons. The van der Waals surface area contributed by atoms with E-state index in [1.807, 2.05) is 0 Å². The zero-order chi connectivity index (χ0) is 12.4. The normalized spacial score (nSPS) is 35.5. The molecule has 2 fully saturated rings. The number of rotatable bonds is 6. The predicted molar refractivity (Wildman–Crippen MR) is 74.8 cm³/mol. The van der Waals surface area contributed by atoms with Gasteiger partial charge in [0.2, 0.25) is 0 Å². The van der Waals surface area contributed by atoms with Crippen LogP contribution in [0.25, 0.3) is 0 Å². The molecule has 1 heteroatoms. The van der Waals surface area contributed by atoms with Gasteiger partial charge >= 0.3 is 0 Å². The first-order chi connectivity index (χ1) is 8.04. The number of nitrogens with two attached hydrogens (primary N) is 1. The summed E-state index contributed by atoms with van der Waals surface area (Å²) >= 11 is 0.